The Bertz CT molecular complexity index is 952. The van der Waals surface area contributed by atoms with E-state index in [0.717, 1.165) is 17.7 Å². The molecular weight excluding hydrogens is 407 g/mol. The van der Waals surface area contributed by atoms with Crippen molar-refractivity contribution in [3.05, 3.63) is 52.0 Å². The maximum absolute atomic E-state index is 12.3. The summed E-state index contributed by atoms with van der Waals surface area (Å²) in [5.41, 5.74) is 0.845. The Hall–Kier alpha value is -0.990. The van der Waals surface area contributed by atoms with Crippen molar-refractivity contribution in [1.29, 1.82) is 0 Å². The van der Waals surface area contributed by atoms with E-state index >= 15 is 0 Å². The van der Waals surface area contributed by atoms with Crippen LogP contribution in [0.2, 0.25) is 10.0 Å². The van der Waals surface area contributed by atoms with Crippen LogP contribution in [0.4, 0.5) is 0 Å². The van der Waals surface area contributed by atoms with E-state index in [0.29, 0.717) is 0 Å². The maximum Gasteiger partial charge on any atom is 0.339 e. The molecule has 0 bridgehead atoms. The van der Waals surface area contributed by atoms with E-state index in [1.807, 2.05) is 0 Å². The van der Waals surface area contributed by atoms with Crippen molar-refractivity contribution >= 4 is 53.1 Å². The molecule has 0 N–H and O–H groups in total. The van der Waals surface area contributed by atoms with Crippen LogP contribution in [0.1, 0.15) is 5.56 Å². The van der Waals surface area contributed by atoms with Crippen molar-refractivity contribution in [2.45, 2.75) is 16.7 Å². The van der Waals surface area contributed by atoms with Gasteiger partial charge in [0.1, 0.15) is 9.79 Å². The highest BCUT2D eigenvalue weighted by atomic mass is 35.7. The van der Waals surface area contributed by atoms with Gasteiger partial charge in [0.05, 0.1) is 5.02 Å². The molecule has 2 aromatic carbocycles. The predicted octanol–water partition coefficient (Wildman–Crippen LogP) is 4.00. The van der Waals surface area contributed by atoms with Crippen molar-refractivity contribution < 1.29 is 21.0 Å². The molecule has 0 aliphatic rings. The highest BCUT2D eigenvalue weighted by Crippen LogP contribution is 2.38. The molecule has 23 heavy (non-hydrogen) atoms. The van der Waals surface area contributed by atoms with Gasteiger partial charge in [0.15, 0.2) is 5.75 Å². The van der Waals surface area contributed by atoms with Crippen molar-refractivity contribution in [2.24, 2.45) is 0 Å². The largest absolute Gasteiger partial charge is 0.376 e. The fourth-order valence-electron chi connectivity index (χ4n) is 1.66. The number of halogens is 3. The third-order valence-electron chi connectivity index (χ3n) is 2.74. The number of hydrogen-bond acceptors (Lipinski definition) is 5. The van der Waals surface area contributed by atoms with Crippen LogP contribution in [0.5, 0.6) is 5.75 Å². The lowest BCUT2D eigenvalue weighted by Gasteiger charge is -2.12. The fraction of sp³-hybridized carbons (Fsp3) is 0.0769. The van der Waals surface area contributed by atoms with Crippen LogP contribution in [-0.2, 0) is 19.2 Å². The highest BCUT2D eigenvalue weighted by Gasteiger charge is 2.26. The van der Waals surface area contributed by atoms with E-state index in [1.165, 1.54) is 12.1 Å². The van der Waals surface area contributed by atoms with Crippen molar-refractivity contribution in [2.75, 3.05) is 0 Å². The predicted molar refractivity (Wildman–Crippen MR) is 88.5 cm³/mol. The summed E-state index contributed by atoms with van der Waals surface area (Å²) in [5, 5.41) is -0.332. The first-order valence-corrected chi connectivity index (χ1v) is 10.4. The van der Waals surface area contributed by atoms with Gasteiger partial charge in [-0.2, -0.15) is 8.42 Å². The molecule has 0 amide bonds. The Morgan fingerprint density at radius 3 is 2.04 bits per heavy atom. The Kier molecular flexibility index (Phi) is 5.18. The van der Waals surface area contributed by atoms with Crippen LogP contribution in [0.15, 0.2) is 46.2 Å². The SMILES string of the molecule is Cc1ccc(S(=O)(=O)Oc2c(Cl)cc(Cl)cc2S(=O)(=O)Cl)cc1. The number of benzene rings is 2. The second-order valence-electron chi connectivity index (χ2n) is 4.50. The van der Waals surface area contributed by atoms with Gasteiger partial charge in [-0.3, -0.25) is 0 Å². The lowest BCUT2D eigenvalue weighted by molar-refractivity contribution is 0.479. The molecule has 0 atom stereocenters. The molecule has 0 aromatic heterocycles. The number of hydrogen-bond donors (Lipinski definition) is 0. The summed E-state index contributed by atoms with van der Waals surface area (Å²) >= 11 is 11.6. The minimum Gasteiger partial charge on any atom is -0.376 e. The van der Waals surface area contributed by atoms with Gasteiger partial charge in [0, 0.05) is 15.7 Å². The summed E-state index contributed by atoms with van der Waals surface area (Å²) < 4.78 is 52.6. The summed E-state index contributed by atoms with van der Waals surface area (Å²) in [4.78, 5) is -0.792. The second-order valence-corrected chi connectivity index (χ2v) is 9.43. The zero-order valence-electron chi connectivity index (χ0n) is 11.5. The number of aryl methyl sites for hydroxylation is 1. The maximum atomic E-state index is 12.3. The Morgan fingerprint density at radius 1 is 0.957 bits per heavy atom. The molecule has 2 rings (SSSR count). The molecule has 0 saturated heterocycles. The summed E-state index contributed by atoms with van der Waals surface area (Å²) in [7, 11) is -3.34. The van der Waals surface area contributed by atoms with E-state index in [-0.39, 0.29) is 14.9 Å². The molecule has 0 aliphatic heterocycles. The summed E-state index contributed by atoms with van der Waals surface area (Å²) in [6, 6.07) is 7.88. The lowest BCUT2D eigenvalue weighted by atomic mass is 10.2. The average Bonchev–Trinajstić information content (AvgIpc) is 2.41. The van der Waals surface area contributed by atoms with Crippen LogP contribution < -0.4 is 4.18 Å². The van der Waals surface area contributed by atoms with Gasteiger partial charge in [-0.25, -0.2) is 8.42 Å². The van der Waals surface area contributed by atoms with Gasteiger partial charge in [0.25, 0.3) is 9.05 Å². The molecule has 0 fully saturated rings. The zero-order valence-corrected chi connectivity index (χ0v) is 15.4. The van der Waals surface area contributed by atoms with Crippen LogP contribution >= 0.6 is 33.9 Å². The summed E-state index contributed by atoms with van der Waals surface area (Å²) in [5.74, 6) is -0.605. The van der Waals surface area contributed by atoms with Crippen LogP contribution in [0.25, 0.3) is 0 Å². The third-order valence-corrected chi connectivity index (χ3v) is 5.80. The van der Waals surface area contributed by atoms with E-state index in [1.54, 1.807) is 19.1 Å². The topological polar surface area (TPSA) is 77.5 Å². The Morgan fingerprint density at radius 2 is 1.52 bits per heavy atom. The second kappa shape index (κ2) is 6.49. The average molecular weight is 416 g/mol. The monoisotopic (exact) mass is 414 g/mol. The van der Waals surface area contributed by atoms with Gasteiger partial charge in [-0.1, -0.05) is 40.9 Å². The molecule has 0 saturated carbocycles. The fourth-order valence-corrected chi connectivity index (χ4v) is 4.36. The minimum absolute atomic E-state index is 0.0330. The van der Waals surface area contributed by atoms with Crippen molar-refractivity contribution in [3.63, 3.8) is 0 Å². The highest BCUT2D eigenvalue weighted by molar-refractivity contribution is 8.13. The molecule has 10 heteroatoms. The van der Waals surface area contributed by atoms with Gasteiger partial charge in [-0.15, -0.1) is 0 Å². The summed E-state index contributed by atoms with van der Waals surface area (Å²) in [6.07, 6.45) is 0. The molecule has 5 nitrogen and oxygen atoms in total. The van der Waals surface area contributed by atoms with E-state index in [4.69, 9.17) is 38.1 Å². The standard InChI is InChI=1S/C13H9Cl3O5S2/c1-8-2-4-10(5-3-8)23(19,20)21-13-11(15)6-9(14)7-12(13)22(16,17)18/h2-7H,1H3. The Balaban J connectivity index is 2.58. The molecule has 0 aliphatic carbocycles. The van der Waals surface area contributed by atoms with E-state index in [9.17, 15) is 16.8 Å². The molecule has 0 spiro atoms. The molecule has 0 heterocycles. The molecule has 124 valence electrons. The number of rotatable bonds is 4. The van der Waals surface area contributed by atoms with Crippen molar-refractivity contribution in [3.8, 4) is 5.75 Å². The summed E-state index contributed by atoms with van der Waals surface area (Å²) in [6.45, 7) is 1.78. The van der Waals surface area contributed by atoms with Gasteiger partial charge >= 0.3 is 10.1 Å². The smallest absolute Gasteiger partial charge is 0.339 e. The van der Waals surface area contributed by atoms with Crippen LogP contribution in [-0.4, -0.2) is 16.8 Å². The minimum atomic E-state index is -4.33. The molecular formula is C13H9Cl3O5S2. The third kappa shape index (κ3) is 4.30. The normalized spacial score (nSPS) is 12.2. The van der Waals surface area contributed by atoms with Gasteiger partial charge < -0.3 is 4.18 Å². The van der Waals surface area contributed by atoms with Gasteiger partial charge in [-0.05, 0) is 31.2 Å². The van der Waals surface area contributed by atoms with Crippen LogP contribution in [0, 0.1) is 6.92 Å². The van der Waals surface area contributed by atoms with Crippen molar-refractivity contribution in [1.82, 2.24) is 0 Å². The lowest BCUT2D eigenvalue weighted by Crippen LogP contribution is -2.12. The molecule has 0 radical (unpaired) electrons. The first-order chi connectivity index (χ1) is 10.5. The first kappa shape index (κ1) is 18.4. The Labute approximate surface area is 148 Å². The van der Waals surface area contributed by atoms with Crippen LogP contribution in [0.3, 0.4) is 0 Å². The molecule has 0 unspecified atom stereocenters. The first-order valence-electron chi connectivity index (χ1n) is 5.95. The van der Waals surface area contributed by atoms with E-state index in [2.05, 4.69) is 0 Å². The quantitative estimate of drug-likeness (QED) is 0.557. The zero-order chi connectivity index (χ0) is 17.4. The van der Waals surface area contributed by atoms with E-state index < -0.39 is 29.8 Å². The van der Waals surface area contributed by atoms with Gasteiger partial charge in [0.2, 0.25) is 0 Å². The molecule has 2 aromatic rings.